The number of alkyl halides is 5. The van der Waals surface area contributed by atoms with Crippen LogP contribution in [0, 0.1) is 0 Å². The van der Waals surface area contributed by atoms with Crippen LogP contribution in [-0.4, -0.2) is 6.18 Å². The van der Waals surface area contributed by atoms with Crippen molar-refractivity contribution in [1.29, 1.82) is 0 Å². The quantitative estimate of drug-likeness (QED) is 0.664. The Balaban J connectivity index is 3.21. The molecule has 0 bridgehead atoms. The van der Waals surface area contributed by atoms with E-state index in [1.165, 1.54) is 12.1 Å². The normalized spacial score (nSPS) is 12.6. The van der Waals surface area contributed by atoms with Crippen LogP contribution in [0.2, 0.25) is 0 Å². The molecule has 1 aromatic carbocycles. The molecule has 0 fully saturated rings. The lowest BCUT2D eigenvalue weighted by Gasteiger charge is -2.19. The van der Waals surface area contributed by atoms with Crippen LogP contribution in [0.25, 0.3) is 6.08 Å². The van der Waals surface area contributed by atoms with Gasteiger partial charge in [0.2, 0.25) is 0 Å². The first kappa shape index (κ1) is 11.7. The Hall–Kier alpha value is -1.39. The summed E-state index contributed by atoms with van der Waals surface area (Å²) in [5.41, 5.74) is -0.858. The van der Waals surface area contributed by atoms with Gasteiger partial charge in [-0.05, 0) is 11.6 Å². The van der Waals surface area contributed by atoms with Crippen molar-refractivity contribution in [1.82, 2.24) is 0 Å². The van der Waals surface area contributed by atoms with E-state index < -0.39 is 17.7 Å². The predicted octanol–water partition coefficient (Wildman–Crippen LogP) is 3.98. The number of halogens is 5. The molecule has 15 heavy (non-hydrogen) atoms. The SMILES string of the molecule is C=Cc1cccc(C(F)(F)C(F)(F)F)c1. The van der Waals surface area contributed by atoms with Crippen molar-refractivity contribution < 1.29 is 22.0 Å². The molecule has 0 atom stereocenters. The third-order valence-corrected chi connectivity index (χ3v) is 1.84. The van der Waals surface area contributed by atoms with E-state index in [9.17, 15) is 22.0 Å². The van der Waals surface area contributed by atoms with Crippen molar-refractivity contribution in [3.63, 3.8) is 0 Å². The van der Waals surface area contributed by atoms with Gasteiger partial charge in [-0.15, -0.1) is 0 Å². The maximum absolute atomic E-state index is 12.8. The lowest BCUT2D eigenvalue weighted by Crippen LogP contribution is -2.33. The van der Waals surface area contributed by atoms with Gasteiger partial charge in [0.15, 0.2) is 0 Å². The molecule has 0 saturated heterocycles. The standard InChI is InChI=1S/C10H7F5/c1-2-7-4-3-5-8(6-7)9(11,12)10(13,14)15/h2-6H,1H2. The van der Waals surface area contributed by atoms with Crippen LogP contribution >= 0.6 is 0 Å². The summed E-state index contributed by atoms with van der Waals surface area (Å²) < 4.78 is 61.6. The summed E-state index contributed by atoms with van der Waals surface area (Å²) in [6, 6.07) is 4.02. The number of hydrogen-bond acceptors (Lipinski definition) is 0. The molecule has 0 amide bonds. The van der Waals surface area contributed by atoms with Crippen LogP contribution < -0.4 is 0 Å². The van der Waals surface area contributed by atoms with E-state index in [-0.39, 0.29) is 5.56 Å². The summed E-state index contributed by atoms with van der Waals surface area (Å²) in [6.45, 7) is 3.29. The van der Waals surface area contributed by atoms with Gasteiger partial charge in [-0.25, -0.2) is 0 Å². The number of rotatable bonds is 2. The molecule has 0 unspecified atom stereocenters. The monoisotopic (exact) mass is 222 g/mol. The number of benzene rings is 1. The Morgan fingerprint density at radius 3 is 2.13 bits per heavy atom. The molecule has 0 nitrogen and oxygen atoms in total. The Morgan fingerprint density at radius 1 is 1.07 bits per heavy atom. The van der Waals surface area contributed by atoms with E-state index in [0.717, 1.165) is 18.2 Å². The summed E-state index contributed by atoms with van der Waals surface area (Å²) in [4.78, 5) is 0. The van der Waals surface area contributed by atoms with E-state index >= 15 is 0 Å². The molecule has 0 spiro atoms. The zero-order valence-corrected chi connectivity index (χ0v) is 7.48. The lowest BCUT2D eigenvalue weighted by atomic mass is 10.0. The molecule has 5 heteroatoms. The Labute approximate surface area is 83.0 Å². The van der Waals surface area contributed by atoms with E-state index in [2.05, 4.69) is 6.58 Å². The minimum atomic E-state index is -5.58. The fourth-order valence-corrected chi connectivity index (χ4v) is 1.02. The minimum absolute atomic E-state index is 0.219. The third kappa shape index (κ3) is 2.16. The van der Waals surface area contributed by atoms with Crippen molar-refractivity contribution in [3.8, 4) is 0 Å². The van der Waals surface area contributed by atoms with Crippen molar-refractivity contribution in [3.05, 3.63) is 42.0 Å². The highest BCUT2D eigenvalue weighted by Gasteiger charge is 2.58. The molecular weight excluding hydrogens is 215 g/mol. The topological polar surface area (TPSA) is 0 Å². The van der Waals surface area contributed by atoms with Gasteiger partial charge >= 0.3 is 12.1 Å². The second kappa shape index (κ2) is 3.64. The van der Waals surface area contributed by atoms with Gasteiger partial charge in [0.1, 0.15) is 0 Å². The van der Waals surface area contributed by atoms with Crippen LogP contribution in [0.3, 0.4) is 0 Å². The maximum atomic E-state index is 12.8. The van der Waals surface area contributed by atoms with Crippen molar-refractivity contribution in [2.45, 2.75) is 12.1 Å². The molecule has 0 aliphatic rings. The molecule has 1 rings (SSSR count). The van der Waals surface area contributed by atoms with Crippen molar-refractivity contribution in [2.24, 2.45) is 0 Å². The molecule has 0 radical (unpaired) electrons. The van der Waals surface area contributed by atoms with Crippen molar-refractivity contribution in [2.75, 3.05) is 0 Å². The third-order valence-electron chi connectivity index (χ3n) is 1.84. The summed E-state index contributed by atoms with van der Waals surface area (Å²) in [6.07, 6.45) is -4.37. The highest BCUT2D eigenvalue weighted by molar-refractivity contribution is 5.48. The average molecular weight is 222 g/mol. The molecule has 0 N–H and O–H groups in total. The highest BCUT2D eigenvalue weighted by Crippen LogP contribution is 2.43. The summed E-state index contributed by atoms with van der Waals surface area (Å²) >= 11 is 0. The first-order valence-corrected chi connectivity index (χ1v) is 3.96. The Kier molecular flexibility index (Phi) is 2.83. The van der Waals surface area contributed by atoms with Gasteiger partial charge in [0, 0.05) is 5.56 Å². The fourth-order valence-electron chi connectivity index (χ4n) is 1.02. The molecule has 0 aliphatic heterocycles. The van der Waals surface area contributed by atoms with Gasteiger partial charge < -0.3 is 0 Å². The van der Waals surface area contributed by atoms with Crippen molar-refractivity contribution >= 4 is 6.08 Å². The molecule has 1 aromatic rings. The van der Waals surface area contributed by atoms with E-state index in [0.29, 0.717) is 0 Å². The highest BCUT2D eigenvalue weighted by atomic mass is 19.4. The van der Waals surface area contributed by atoms with Gasteiger partial charge in [-0.1, -0.05) is 30.9 Å². The lowest BCUT2D eigenvalue weighted by molar-refractivity contribution is -0.289. The molecule has 0 aromatic heterocycles. The molecule has 0 aliphatic carbocycles. The Morgan fingerprint density at radius 2 is 1.67 bits per heavy atom. The van der Waals surface area contributed by atoms with Gasteiger partial charge in [0.05, 0.1) is 0 Å². The van der Waals surface area contributed by atoms with Crippen LogP contribution in [0.5, 0.6) is 0 Å². The number of hydrogen-bond donors (Lipinski definition) is 0. The van der Waals surface area contributed by atoms with Gasteiger partial charge in [-0.3, -0.25) is 0 Å². The second-order valence-corrected chi connectivity index (χ2v) is 2.90. The largest absolute Gasteiger partial charge is 0.458 e. The molecular formula is C10H7F5. The van der Waals surface area contributed by atoms with Gasteiger partial charge in [0.25, 0.3) is 0 Å². The molecule has 82 valence electrons. The van der Waals surface area contributed by atoms with Crippen LogP contribution in [0.1, 0.15) is 11.1 Å². The summed E-state index contributed by atoms with van der Waals surface area (Å²) in [5.74, 6) is -4.83. The first-order chi connectivity index (χ1) is 6.79. The molecule has 0 saturated carbocycles. The summed E-state index contributed by atoms with van der Waals surface area (Å²) in [5, 5.41) is 0. The second-order valence-electron chi connectivity index (χ2n) is 2.90. The average Bonchev–Trinajstić information content (AvgIpc) is 2.16. The zero-order chi connectivity index (χ0) is 11.7. The zero-order valence-electron chi connectivity index (χ0n) is 7.48. The van der Waals surface area contributed by atoms with Crippen LogP contribution in [0.15, 0.2) is 30.8 Å². The fraction of sp³-hybridized carbons (Fsp3) is 0.200. The van der Waals surface area contributed by atoms with E-state index in [4.69, 9.17) is 0 Å². The smallest absolute Gasteiger partial charge is 0.191 e. The minimum Gasteiger partial charge on any atom is -0.191 e. The Bertz CT molecular complexity index is 364. The first-order valence-electron chi connectivity index (χ1n) is 3.96. The predicted molar refractivity (Wildman–Crippen MR) is 46.5 cm³/mol. The van der Waals surface area contributed by atoms with Crippen LogP contribution in [0.4, 0.5) is 22.0 Å². The maximum Gasteiger partial charge on any atom is 0.458 e. The van der Waals surface area contributed by atoms with E-state index in [1.54, 1.807) is 0 Å². The van der Waals surface area contributed by atoms with Crippen LogP contribution in [-0.2, 0) is 5.92 Å². The molecule has 0 heterocycles. The van der Waals surface area contributed by atoms with Gasteiger partial charge in [-0.2, -0.15) is 22.0 Å². The van der Waals surface area contributed by atoms with E-state index in [1.807, 2.05) is 0 Å². The summed E-state index contributed by atoms with van der Waals surface area (Å²) in [7, 11) is 0.